The van der Waals surface area contributed by atoms with Crippen LogP contribution >= 0.6 is 7.60 Å². The summed E-state index contributed by atoms with van der Waals surface area (Å²) >= 11 is 0. The second-order valence-corrected chi connectivity index (χ2v) is 2.19. The van der Waals surface area contributed by atoms with E-state index in [0.29, 0.717) is 0 Å². The molecular formula is CHO5P-2. The summed E-state index contributed by atoms with van der Waals surface area (Å²) in [6.07, 6.45) is 0. The maximum atomic E-state index is 9.25. The molecule has 1 N–H and O–H groups in total. The third kappa shape index (κ3) is 2.33. The van der Waals surface area contributed by atoms with Gasteiger partial charge in [-0.25, -0.2) is 0 Å². The van der Waals surface area contributed by atoms with E-state index in [2.05, 4.69) is 0 Å². The normalized spacial score (nSPS) is 18.0. The van der Waals surface area contributed by atoms with E-state index in [1.54, 1.807) is 0 Å². The van der Waals surface area contributed by atoms with Gasteiger partial charge in [-0.2, -0.15) is 0 Å². The Balaban J connectivity index is 4.09. The highest BCUT2D eigenvalue weighted by molar-refractivity contribution is 7.67. The molecule has 0 rings (SSSR count). The minimum atomic E-state index is -5.18. The summed E-state index contributed by atoms with van der Waals surface area (Å²) in [5.41, 5.74) is -2.45. The number of rotatable bonds is 1. The fraction of sp³-hybridized carbons (Fsp3) is 0. The van der Waals surface area contributed by atoms with Crippen molar-refractivity contribution < 1.29 is 24.3 Å². The molecule has 0 aromatic rings. The van der Waals surface area contributed by atoms with Crippen LogP contribution in [0, 0.1) is 0 Å². The third-order valence-corrected chi connectivity index (χ3v) is 0.692. The smallest absolute Gasteiger partial charge is 0.177 e. The van der Waals surface area contributed by atoms with Crippen molar-refractivity contribution in [3.05, 3.63) is 0 Å². The number of carbonyl (C=O) groups is 1. The predicted octanol–water partition coefficient (Wildman–Crippen LogP) is -2.12. The molecule has 0 fully saturated rings. The second kappa shape index (κ2) is 1.61. The molecule has 0 amide bonds. The molecule has 0 aromatic carbocycles. The minimum absolute atomic E-state index is 2.45. The van der Waals surface area contributed by atoms with Gasteiger partial charge in [-0.05, 0) is 0 Å². The van der Waals surface area contributed by atoms with Crippen LogP contribution in [0.3, 0.4) is 0 Å². The van der Waals surface area contributed by atoms with Crippen LogP contribution in [0.25, 0.3) is 0 Å². The topological polar surface area (TPSA) is 100 Å². The van der Waals surface area contributed by atoms with Crippen molar-refractivity contribution in [2.24, 2.45) is 0 Å². The number of carbonyl (C=O) groups excluding carboxylic acids is 1. The van der Waals surface area contributed by atoms with Gasteiger partial charge in [0.25, 0.3) is 0 Å². The Bertz CT molecular complexity index is 120. The predicted molar refractivity (Wildman–Crippen MR) is 15.2 cm³/mol. The lowest BCUT2D eigenvalue weighted by Gasteiger charge is -2.14. The van der Waals surface area contributed by atoms with Crippen molar-refractivity contribution in [3.63, 3.8) is 0 Å². The lowest BCUT2D eigenvalue weighted by Crippen LogP contribution is -2.25. The van der Waals surface area contributed by atoms with Gasteiger partial charge in [-0.1, -0.05) is 0 Å². The Morgan fingerprint density at radius 1 is 1.71 bits per heavy atom. The van der Waals surface area contributed by atoms with E-state index >= 15 is 0 Å². The van der Waals surface area contributed by atoms with Crippen LogP contribution < -0.4 is 10.00 Å². The summed E-state index contributed by atoms with van der Waals surface area (Å²) in [5, 5.41) is 9.08. The quantitative estimate of drug-likeness (QED) is 0.402. The molecule has 0 bridgehead atoms. The molecule has 0 aliphatic carbocycles. The van der Waals surface area contributed by atoms with Crippen molar-refractivity contribution in [2.75, 3.05) is 0 Å². The van der Waals surface area contributed by atoms with Gasteiger partial charge >= 0.3 is 0 Å². The maximum absolute atomic E-state index is 9.25. The first-order valence-corrected chi connectivity index (χ1v) is 2.77. The van der Waals surface area contributed by atoms with E-state index in [9.17, 15) is 9.46 Å². The summed E-state index contributed by atoms with van der Waals surface area (Å²) in [6.45, 7) is 0. The summed E-state index contributed by atoms with van der Waals surface area (Å²) in [7, 11) is -5.18. The lowest BCUT2D eigenvalue weighted by atomic mass is 11.6. The molecule has 0 aliphatic rings. The monoisotopic (exact) mass is 124 g/mol. The van der Waals surface area contributed by atoms with Gasteiger partial charge in [-0.3, -0.25) is 0 Å². The van der Waals surface area contributed by atoms with Crippen molar-refractivity contribution >= 4 is 13.3 Å². The van der Waals surface area contributed by atoms with E-state index in [1.807, 2.05) is 0 Å². The van der Waals surface area contributed by atoms with Gasteiger partial charge in [0.05, 0.1) is 0 Å². The average molecular weight is 124 g/mol. The van der Waals surface area contributed by atoms with E-state index in [0.717, 1.165) is 0 Å². The van der Waals surface area contributed by atoms with Gasteiger partial charge in [0.15, 0.2) is 7.60 Å². The number of hydrogen-bond acceptors (Lipinski definition) is 4. The zero-order valence-electron chi connectivity index (χ0n) is 3.03. The first-order valence-electron chi connectivity index (χ1n) is 1.20. The van der Waals surface area contributed by atoms with E-state index < -0.39 is 13.3 Å². The molecule has 0 aliphatic heterocycles. The van der Waals surface area contributed by atoms with Crippen molar-refractivity contribution in [2.45, 2.75) is 0 Å². The van der Waals surface area contributed by atoms with Crippen LogP contribution in [0.4, 0.5) is 4.79 Å². The zero-order chi connectivity index (χ0) is 6.08. The summed E-state index contributed by atoms with van der Waals surface area (Å²) in [5.74, 6) is 0. The fourth-order valence-electron chi connectivity index (χ4n) is 0. The SMILES string of the molecule is O=C([O-])P(=O)([O-])O. The summed E-state index contributed by atoms with van der Waals surface area (Å²) in [4.78, 5) is 25.8. The van der Waals surface area contributed by atoms with Crippen LogP contribution in [0.2, 0.25) is 0 Å². The first kappa shape index (κ1) is 6.62. The third-order valence-electron chi connectivity index (χ3n) is 0.231. The zero-order valence-corrected chi connectivity index (χ0v) is 3.92. The van der Waals surface area contributed by atoms with Crippen molar-refractivity contribution in [3.8, 4) is 0 Å². The first-order chi connectivity index (χ1) is 2.94. The van der Waals surface area contributed by atoms with Gasteiger partial charge in [0, 0.05) is 0 Å². The highest BCUT2D eigenvalue weighted by Gasteiger charge is 1.98. The molecular weight excluding hydrogens is 123 g/mol. The molecule has 0 radical (unpaired) electrons. The molecule has 7 heavy (non-hydrogen) atoms. The molecule has 6 heteroatoms. The molecule has 5 nitrogen and oxygen atoms in total. The van der Waals surface area contributed by atoms with Crippen molar-refractivity contribution in [1.82, 2.24) is 0 Å². The molecule has 0 saturated carbocycles. The fourth-order valence-corrected chi connectivity index (χ4v) is 0. The van der Waals surface area contributed by atoms with Crippen LogP contribution in [0.15, 0.2) is 0 Å². The Morgan fingerprint density at radius 2 is 1.86 bits per heavy atom. The van der Waals surface area contributed by atoms with E-state index in [1.165, 1.54) is 0 Å². The molecule has 0 spiro atoms. The molecule has 0 saturated heterocycles. The molecule has 1 unspecified atom stereocenters. The maximum Gasteiger partial charge on any atom is 0.177 e. The molecule has 1 atom stereocenters. The largest absolute Gasteiger partial charge is 0.774 e. The van der Waals surface area contributed by atoms with Gasteiger partial charge in [0.2, 0.25) is 0 Å². The summed E-state index contributed by atoms with van der Waals surface area (Å²) in [6, 6.07) is 0. The Morgan fingerprint density at radius 3 is 1.86 bits per heavy atom. The second-order valence-electron chi connectivity index (χ2n) is 0.786. The number of carboxylic acid groups (broad SMARTS) is 1. The number of hydrogen-bond donors (Lipinski definition) is 1. The van der Waals surface area contributed by atoms with Crippen LogP contribution in [-0.4, -0.2) is 10.6 Å². The molecule has 0 heterocycles. The average Bonchev–Trinajstić information content (AvgIpc) is 1.31. The Kier molecular flexibility index (Phi) is 1.53. The van der Waals surface area contributed by atoms with Gasteiger partial charge in [-0.15, -0.1) is 0 Å². The highest BCUT2D eigenvalue weighted by Crippen LogP contribution is 2.26. The van der Waals surface area contributed by atoms with E-state index in [4.69, 9.17) is 14.8 Å². The Labute approximate surface area is 38.7 Å². The van der Waals surface area contributed by atoms with Crippen LogP contribution in [0.1, 0.15) is 0 Å². The van der Waals surface area contributed by atoms with Crippen molar-refractivity contribution in [1.29, 1.82) is 0 Å². The molecule has 0 aromatic heterocycles. The van der Waals surface area contributed by atoms with E-state index in [-0.39, 0.29) is 0 Å². The van der Waals surface area contributed by atoms with Gasteiger partial charge in [0.1, 0.15) is 5.71 Å². The standard InChI is InChI=1S/CH3O5P/c2-1(3)7(4,5)6/h(H,2,3)(H2,4,5,6)/p-2. The Hall–Kier alpha value is -0.380. The molecule has 42 valence electrons. The summed E-state index contributed by atoms with van der Waals surface area (Å²) < 4.78 is 9.25. The van der Waals surface area contributed by atoms with Gasteiger partial charge < -0.3 is 24.3 Å². The van der Waals surface area contributed by atoms with Crippen LogP contribution in [0.5, 0.6) is 0 Å². The highest BCUT2D eigenvalue weighted by atomic mass is 31.2. The van der Waals surface area contributed by atoms with Crippen LogP contribution in [-0.2, 0) is 4.57 Å². The lowest BCUT2D eigenvalue weighted by molar-refractivity contribution is -0.255. The minimum Gasteiger partial charge on any atom is -0.774 e.